The van der Waals surface area contributed by atoms with Gasteiger partial charge in [-0.1, -0.05) is 74.9 Å². The van der Waals surface area contributed by atoms with Gasteiger partial charge in [-0.2, -0.15) is 0 Å². The zero-order chi connectivity index (χ0) is 22.9. The molecule has 2 aliphatic heterocycles. The van der Waals surface area contributed by atoms with Gasteiger partial charge in [0.1, 0.15) is 11.5 Å². The summed E-state index contributed by atoms with van der Waals surface area (Å²) in [6.45, 7) is 13.0. The van der Waals surface area contributed by atoms with Crippen LogP contribution in [0.25, 0.3) is 0 Å². The highest BCUT2D eigenvalue weighted by molar-refractivity contribution is 6.20. The number of likely N-dealkylation sites (N-methyl/N-ethyl adjacent to an activating group) is 1. The van der Waals surface area contributed by atoms with Crippen LogP contribution in [-0.4, -0.2) is 53.7 Å². The molecule has 2 aliphatic rings. The fourth-order valence-electron chi connectivity index (χ4n) is 3.81. The second-order valence-electron chi connectivity index (χ2n) is 8.11. The predicted molar refractivity (Wildman–Crippen MR) is 136 cm³/mol. The first kappa shape index (κ1) is 23.9. The molecule has 1 unspecified atom stereocenters. The van der Waals surface area contributed by atoms with E-state index in [9.17, 15) is 0 Å². The fraction of sp³-hybridized carbons (Fsp3) is 0.440. The Labute approximate surface area is 197 Å². The number of aliphatic imine (C=N–C) groups is 2. The Bertz CT molecular complexity index is 889. The summed E-state index contributed by atoms with van der Waals surface area (Å²) in [5, 5.41) is 6.61. The minimum absolute atomic E-state index is 0.361. The lowest BCUT2D eigenvalue weighted by atomic mass is 10.2. The first-order valence-corrected chi connectivity index (χ1v) is 11.8. The normalized spacial score (nSPS) is 17.4. The van der Waals surface area contributed by atoms with Crippen LogP contribution in [0.2, 0.25) is 0 Å². The summed E-state index contributed by atoms with van der Waals surface area (Å²) < 4.78 is 0. The van der Waals surface area contributed by atoms with Crippen molar-refractivity contribution < 1.29 is 0 Å². The third kappa shape index (κ3) is 6.16. The number of halogens is 1. The maximum Gasteiger partial charge on any atom is 0.176 e. The minimum atomic E-state index is -0.361. The van der Waals surface area contributed by atoms with Gasteiger partial charge in [-0.25, -0.2) is 4.99 Å². The molecule has 6 nitrogen and oxygen atoms in total. The van der Waals surface area contributed by atoms with E-state index >= 15 is 0 Å². The van der Waals surface area contributed by atoms with E-state index in [4.69, 9.17) is 16.6 Å². The molecule has 0 saturated carbocycles. The summed E-state index contributed by atoms with van der Waals surface area (Å²) >= 11 is 6.35. The SMILES string of the molecule is C=CN(CCCCC)C1=C(C(=C)N(C)CCCC2=NC(c3ccccc3)=NC2)NC(Cl)N1. The first-order valence-electron chi connectivity index (χ1n) is 11.4. The monoisotopic (exact) mass is 454 g/mol. The van der Waals surface area contributed by atoms with Crippen molar-refractivity contribution in [1.82, 2.24) is 20.4 Å². The zero-order valence-corrected chi connectivity index (χ0v) is 20.0. The molecule has 7 heteroatoms. The standard InChI is InChI=1S/C25H35ClN6/c1-5-7-11-17-32(6-2)24-22(29-25(26)30-24)19(3)31(4)16-12-15-21-18-27-23(28-21)20-13-9-8-10-14-20/h6,8-10,13-14,25,29-30H,2-3,5,7,11-12,15-18H2,1,4H3. The molecule has 0 amide bonds. The van der Waals surface area contributed by atoms with Crippen LogP contribution in [0.4, 0.5) is 0 Å². The molecule has 0 fully saturated rings. The van der Waals surface area contributed by atoms with Crippen LogP contribution in [0, 0.1) is 0 Å². The average molecular weight is 455 g/mol. The molecule has 2 heterocycles. The van der Waals surface area contributed by atoms with Gasteiger partial charge in [0.15, 0.2) is 11.5 Å². The largest absolute Gasteiger partial charge is 0.373 e. The molecule has 2 N–H and O–H groups in total. The molecule has 172 valence electrons. The Morgan fingerprint density at radius 3 is 2.69 bits per heavy atom. The number of nitrogens with one attached hydrogen (secondary N) is 2. The summed E-state index contributed by atoms with van der Waals surface area (Å²) in [6, 6.07) is 10.1. The lowest BCUT2D eigenvalue weighted by Crippen LogP contribution is -2.31. The Hall–Kier alpha value is -2.73. The number of amidine groups is 1. The molecule has 3 rings (SSSR count). The molecule has 0 radical (unpaired) electrons. The molecule has 1 atom stereocenters. The van der Waals surface area contributed by atoms with E-state index in [-0.39, 0.29) is 5.62 Å². The van der Waals surface area contributed by atoms with Crippen molar-refractivity contribution in [3.8, 4) is 0 Å². The van der Waals surface area contributed by atoms with Crippen LogP contribution in [-0.2, 0) is 0 Å². The van der Waals surface area contributed by atoms with Crippen molar-refractivity contribution in [1.29, 1.82) is 0 Å². The molecule has 1 aromatic rings. The van der Waals surface area contributed by atoms with Gasteiger partial charge < -0.3 is 20.4 Å². The number of benzene rings is 1. The van der Waals surface area contributed by atoms with Crippen molar-refractivity contribution in [3.63, 3.8) is 0 Å². The van der Waals surface area contributed by atoms with Crippen LogP contribution in [0.3, 0.4) is 0 Å². The van der Waals surface area contributed by atoms with E-state index in [0.29, 0.717) is 6.54 Å². The van der Waals surface area contributed by atoms with E-state index in [1.165, 1.54) is 12.8 Å². The van der Waals surface area contributed by atoms with E-state index < -0.39 is 0 Å². The minimum Gasteiger partial charge on any atom is -0.373 e. The lowest BCUT2D eigenvalue weighted by molar-refractivity contribution is 0.400. The van der Waals surface area contributed by atoms with Gasteiger partial charge in [-0.05, 0) is 25.5 Å². The van der Waals surface area contributed by atoms with Crippen LogP contribution >= 0.6 is 11.6 Å². The predicted octanol–water partition coefficient (Wildman–Crippen LogP) is 4.63. The Morgan fingerprint density at radius 1 is 1.19 bits per heavy atom. The number of unbranched alkanes of at least 4 members (excludes halogenated alkanes) is 2. The quantitative estimate of drug-likeness (QED) is 0.259. The number of rotatable bonds is 13. The summed E-state index contributed by atoms with van der Waals surface area (Å²) in [6.07, 6.45) is 7.22. The first-order chi connectivity index (χ1) is 15.5. The topological polar surface area (TPSA) is 55.3 Å². The maximum absolute atomic E-state index is 6.35. The van der Waals surface area contributed by atoms with Crippen molar-refractivity contribution in [2.24, 2.45) is 9.98 Å². The van der Waals surface area contributed by atoms with Gasteiger partial charge in [0.2, 0.25) is 0 Å². The van der Waals surface area contributed by atoms with E-state index in [0.717, 1.165) is 66.7 Å². The number of hydrogen-bond acceptors (Lipinski definition) is 6. The Balaban J connectivity index is 1.54. The third-order valence-corrected chi connectivity index (χ3v) is 5.92. The molecule has 0 bridgehead atoms. The molecule has 0 aromatic heterocycles. The van der Waals surface area contributed by atoms with Crippen molar-refractivity contribution in [2.45, 2.75) is 44.7 Å². The van der Waals surface area contributed by atoms with Crippen molar-refractivity contribution in [3.05, 3.63) is 72.5 Å². The molecular formula is C25H35ClN6. The zero-order valence-electron chi connectivity index (χ0n) is 19.3. The Morgan fingerprint density at radius 2 is 1.97 bits per heavy atom. The summed E-state index contributed by atoms with van der Waals surface area (Å²) in [5.41, 5.74) is 3.69. The van der Waals surface area contributed by atoms with Crippen molar-refractivity contribution >= 4 is 23.1 Å². The smallest absolute Gasteiger partial charge is 0.176 e. The van der Waals surface area contributed by atoms with Crippen LogP contribution in [0.5, 0.6) is 0 Å². The average Bonchev–Trinajstić information content (AvgIpc) is 3.43. The molecule has 0 saturated heterocycles. The summed E-state index contributed by atoms with van der Waals surface area (Å²) in [7, 11) is 2.06. The number of hydrogen-bond donors (Lipinski definition) is 2. The van der Waals surface area contributed by atoms with E-state index in [2.05, 4.69) is 64.7 Å². The van der Waals surface area contributed by atoms with Gasteiger partial charge in [0.25, 0.3) is 0 Å². The Kier molecular flexibility index (Phi) is 8.80. The number of alkyl halides is 1. The molecule has 0 aliphatic carbocycles. The molecular weight excluding hydrogens is 420 g/mol. The summed E-state index contributed by atoms with van der Waals surface area (Å²) in [4.78, 5) is 13.6. The molecule has 1 aromatic carbocycles. The van der Waals surface area contributed by atoms with Crippen LogP contribution in [0.15, 0.2) is 76.9 Å². The molecule has 0 spiro atoms. The van der Waals surface area contributed by atoms with Gasteiger partial charge in [-0.15, -0.1) is 0 Å². The second-order valence-corrected chi connectivity index (χ2v) is 8.55. The van der Waals surface area contributed by atoms with Crippen LogP contribution < -0.4 is 10.6 Å². The highest BCUT2D eigenvalue weighted by Crippen LogP contribution is 2.23. The van der Waals surface area contributed by atoms with Crippen molar-refractivity contribution in [2.75, 3.05) is 26.7 Å². The molecule has 32 heavy (non-hydrogen) atoms. The third-order valence-electron chi connectivity index (χ3n) is 5.70. The van der Waals surface area contributed by atoms with Crippen LogP contribution in [0.1, 0.15) is 44.6 Å². The highest BCUT2D eigenvalue weighted by Gasteiger charge is 2.27. The van der Waals surface area contributed by atoms with Gasteiger partial charge >= 0.3 is 0 Å². The fourth-order valence-corrected chi connectivity index (χ4v) is 4.02. The van der Waals surface area contributed by atoms with E-state index in [1.54, 1.807) is 0 Å². The lowest BCUT2D eigenvalue weighted by Gasteiger charge is -2.26. The highest BCUT2D eigenvalue weighted by atomic mass is 35.5. The van der Waals surface area contributed by atoms with E-state index in [1.807, 2.05) is 24.4 Å². The summed E-state index contributed by atoms with van der Waals surface area (Å²) in [5.74, 6) is 1.78. The maximum atomic E-state index is 6.35. The van der Waals surface area contributed by atoms with Gasteiger partial charge in [0, 0.05) is 31.4 Å². The van der Waals surface area contributed by atoms with Gasteiger partial charge in [-0.3, -0.25) is 4.99 Å². The number of nitrogens with zero attached hydrogens (tertiary/aromatic N) is 4. The van der Waals surface area contributed by atoms with Gasteiger partial charge in [0.05, 0.1) is 12.2 Å². The second kappa shape index (κ2) is 11.8.